The Kier molecular flexibility index (Phi) is 7.20. The molecule has 1 aromatic heterocycles. The summed E-state index contributed by atoms with van der Waals surface area (Å²) in [5, 5.41) is 4.01. The minimum Gasteiger partial charge on any atom is -0.385 e. The Morgan fingerprint density at radius 2 is 2.00 bits per heavy atom. The number of carbonyl (C=O) groups is 1. The Bertz CT molecular complexity index is 504. The number of carbonyl (C=O) groups excluding carboxylic acids is 1. The molecule has 1 aromatic rings. The average Bonchev–Trinajstić information content (AvgIpc) is 2.87. The molecule has 2 heterocycles. The van der Waals surface area contributed by atoms with Gasteiger partial charge in [0.05, 0.1) is 12.2 Å². The highest BCUT2D eigenvalue weighted by Gasteiger charge is 2.23. The number of amides is 1. The van der Waals surface area contributed by atoms with E-state index >= 15 is 0 Å². The summed E-state index contributed by atoms with van der Waals surface area (Å²) in [5.74, 6) is 1.11. The smallest absolute Gasteiger partial charge is 0.236 e. The van der Waals surface area contributed by atoms with E-state index in [9.17, 15) is 4.79 Å². The maximum absolute atomic E-state index is 12.4. The highest BCUT2D eigenvalue weighted by molar-refractivity contribution is 5.78. The first-order valence-corrected chi connectivity index (χ1v) is 8.60. The summed E-state index contributed by atoms with van der Waals surface area (Å²) in [4.78, 5) is 18.8. The molecule has 1 amide bonds. The fraction of sp³-hybridized carbons (Fsp3) is 0.765. The number of ether oxygens (including phenoxy) is 1. The van der Waals surface area contributed by atoms with Crippen molar-refractivity contribution < 1.29 is 14.1 Å². The van der Waals surface area contributed by atoms with Gasteiger partial charge in [-0.1, -0.05) is 5.16 Å². The monoisotopic (exact) mass is 338 g/mol. The molecule has 1 fully saturated rings. The van der Waals surface area contributed by atoms with Crippen LogP contribution in [-0.4, -0.2) is 85.8 Å². The number of hydrogen-bond donors (Lipinski definition) is 0. The van der Waals surface area contributed by atoms with E-state index in [4.69, 9.17) is 9.26 Å². The first-order valence-electron chi connectivity index (χ1n) is 8.60. The lowest BCUT2D eigenvalue weighted by Crippen LogP contribution is -2.50. The molecular formula is C17H30N4O3. The minimum atomic E-state index is 0.215. The molecule has 0 unspecified atom stereocenters. The lowest BCUT2D eigenvalue weighted by atomic mass is 10.2. The molecule has 7 heteroatoms. The van der Waals surface area contributed by atoms with Gasteiger partial charge in [0, 0.05) is 58.5 Å². The van der Waals surface area contributed by atoms with Crippen molar-refractivity contribution in [1.29, 1.82) is 0 Å². The van der Waals surface area contributed by atoms with E-state index < -0.39 is 0 Å². The van der Waals surface area contributed by atoms with E-state index in [1.807, 2.05) is 25.8 Å². The zero-order valence-electron chi connectivity index (χ0n) is 15.4. The highest BCUT2D eigenvalue weighted by Crippen LogP contribution is 2.16. The molecule has 24 heavy (non-hydrogen) atoms. The summed E-state index contributed by atoms with van der Waals surface area (Å²) in [6.45, 7) is 10.2. The summed E-state index contributed by atoms with van der Waals surface area (Å²) in [7, 11) is 3.69. The van der Waals surface area contributed by atoms with Crippen molar-refractivity contribution in [3.8, 4) is 0 Å². The van der Waals surface area contributed by atoms with Gasteiger partial charge < -0.3 is 14.2 Å². The molecule has 0 saturated carbocycles. The largest absolute Gasteiger partial charge is 0.385 e. The van der Waals surface area contributed by atoms with Crippen LogP contribution in [0.15, 0.2) is 4.52 Å². The van der Waals surface area contributed by atoms with Crippen LogP contribution in [0.25, 0.3) is 0 Å². The van der Waals surface area contributed by atoms with Gasteiger partial charge in [-0.05, 0) is 27.3 Å². The van der Waals surface area contributed by atoms with Gasteiger partial charge >= 0.3 is 0 Å². The maximum atomic E-state index is 12.4. The van der Waals surface area contributed by atoms with Gasteiger partial charge in [0.1, 0.15) is 5.76 Å². The summed E-state index contributed by atoms with van der Waals surface area (Å²) in [5.41, 5.74) is 2.14. The van der Waals surface area contributed by atoms with Crippen LogP contribution in [0.4, 0.5) is 0 Å². The molecule has 0 radical (unpaired) electrons. The molecule has 1 aliphatic rings. The number of likely N-dealkylation sites (N-methyl/N-ethyl adjacent to an activating group) is 1. The second kappa shape index (κ2) is 9.15. The molecule has 0 N–H and O–H groups in total. The summed E-state index contributed by atoms with van der Waals surface area (Å²) < 4.78 is 10.3. The molecule has 7 nitrogen and oxygen atoms in total. The molecule has 136 valence electrons. The number of aryl methyl sites for hydroxylation is 2. The fourth-order valence-corrected chi connectivity index (χ4v) is 3.00. The molecule has 0 aromatic carbocycles. The number of piperazine rings is 1. The van der Waals surface area contributed by atoms with Crippen LogP contribution in [-0.2, 0) is 16.1 Å². The van der Waals surface area contributed by atoms with Crippen molar-refractivity contribution in [2.45, 2.75) is 26.8 Å². The third-order valence-electron chi connectivity index (χ3n) is 4.58. The van der Waals surface area contributed by atoms with Gasteiger partial charge in [-0.3, -0.25) is 14.6 Å². The number of aromatic nitrogens is 1. The molecule has 1 saturated heterocycles. The molecule has 0 bridgehead atoms. The van der Waals surface area contributed by atoms with Crippen molar-refractivity contribution in [2.75, 3.05) is 60.0 Å². The van der Waals surface area contributed by atoms with Gasteiger partial charge in [-0.2, -0.15) is 0 Å². The number of hydrogen-bond acceptors (Lipinski definition) is 6. The van der Waals surface area contributed by atoms with Gasteiger partial charge in [0.15, 0.2) is 0 Å². The van der Waals surface area contributed by atoms with Gasteiger partial charge in [-0.15, -0.1) is 0 Å². The molecule has 2 rings (SSSR count). The first kappa shape index (κ1) is 18.9. The normalized spacial score (nSPS) is 16.1. The molecular weight excluding hydrogens is 308 g/mol. The lowest BCUT2D eigenvalue weighted by Gasteiger charge is -2.35. The topological polar surface area (TPSA) is 62.1 Å². The Balaban J connectivity index is 1.73. The quantitative estimate of drug-likeness (QED) is 0.657. The van der Waals surface area contributed by atoms with E-state index in [1.54, 1.807) is 7.11 Å². The Morgan fingerprint density at radius 3 is 2.58 bits per heavy atom. The number of methoxy groups -OCH3 is 1. The van der Waals surface area contributed by atoms with Crippen LogP contribution in [0.5, 0.6) is 0 Å². The minimum absolute atomic E-state index is 0.215. The van der Waals surface area contributed by atoms with E-state index in [-0.39, 0.29) is 5.91 Å². The molecule has 1 aliphatic heterocycles. The summed E-state index contributed by atoms with van der Waals surface area (Å²) in [6.07, 6.45) is 0.950. The molecule has 0 spiro atoms. The van der Waals surface area contributed by atoms with E-state index in [2.05, 4.69) is 15.0 Å². The Morgan fingerprint density at radius 1 is 1.29 bits per heavy atom. The standard InChI is InChI=1S/C17H30N4O3/c1-14-16(15(2)24-18-14)12-20-7-9-21(10-8-20)17(22)13-19(3)6-5-11-23-4/h5-13H2,1-4H3. The predicted molar refractivity (Wildman–Crippen MR) is 91.8 cm³/mol. The highest BCUT2D eigenvalue weighted by atomic mass is 16.5. The zero-order chi connectivity index (χ0) is 17.5. The third-order valence-corrected chi connectivity index (χ3v) is 4.58. The van der Waals surface area contributed by atoms with Gasteiger partial charge in [0.2, 0.25) is 5.91 Å². The van der Waals surface area contributed by atoms with Crippen LogP contribution in [0.1, 0.15) is 23.4 Å². The molecule has 0 aliphatic carbocycles. The summed E-state index contributed by atoms with van der Waals surface area (Å²) in [6, 6.07) is 0. The third kappa shape index (κ3) is 5.29. The predicted octanol–water partition coefficient (Wildman–Crippen LogP) is 0.904. The van der Waals surface area contributed by atoms with Crippen LogP contribution < -0.4 is 0 Å². The second-order valence-corrected chi connectivity index (χ2v) is 6.54. The zero-order valence-corrected chi connectivity index (χ0v) is 15.4. The van der Waals surface area contributed by atoms with E-state index in [1.165, 1.54) is 5.56 Å². The first-order chi connectivity index (χ1) is 11.5. The van der Waals surface area contributed by atoms with Crippen LogP contribution in [0.2, 0.25) is 0 Å². The number of nitrogens with zero attached hydrogens (tertiary/aromatic N) is 4. The van der Waals surface area contributed by atoms with Crippen molar-refractivity contribution in [3.05, 3.63) is 17.0 Å². The lowest BCUT2D eigenvalue weighted by molar-refractivity contribution is -0.134. The average molecular weight is 338 g/mol. The van der Waals surface area contributed by atoms with Crippen molar-refractivity contribution in [2.24, 2.45) is 0 Å². The van der Waals surface area contributed by atoms with Gasteiger partial charge in [0.25, 0.3) is 0 Å². The van der Waals surface area contributed by atoms with Crippen LogP contribution in [0, 0.1) is 13.8 Å². The van der Waals surface area contributed by atoms with Crippen LogP contribution >= 0.6 is 0 Å². The van der Waals surface area contributed by atoms with Gasteiger partial charge in [-0.25, -0.2) is 0 Å². The Hall–Kier alpha value is -1.44. The maximum Gasteiger partial charge on any atom is 0.236 e. The van der Waals surface area contributed by atoms with E-state index in [0.717, 1.165) is 63.8 Å². The van der Waals surface area contributed by atoms with Crippen molar-refractivity contribution in [1.82, 2.24) is 19.9 Å². The fourth-order valence-electron chi connectivity index (χ4n) is 3.00. The van der Waals surface area contributed by atoms with E-state index in [0.29, 0.717) is 6.54 Å². The van der Waals surface area contributed by atoms with Crippen molar-refractivity contribution >= 4 is 5.91 Å². The Labute approximate surface area is 144 Å². The van der Waals surface area contributed by atoms with Crippen molar-refractivity contribution in [3.63, 3.8) is 0 Å². The summed E-state index contributed by atoms with van der Waals surface area (Å²) >= 11 is 0. The second-order valence-electron chi connectivity index (χ2n) is 6.54. The SMILES string of the molecule is COCCCN(C)CC(=O)N1CCN(Cc2c(C)noc2C)CC1. The number of rotatable bonds is 8. The molecule has 0 atom stereocenters. The van der Waals surface area contributed by atoms with Crippen LogP contribution in [0.3, 0.4) is 0 Å².